The monoisotopic (exact) mass is 498 g/mol. The summed E-state index contributed by atoms with van der Waals surface area (Å²) in [6.07, 6.45) is 2.99. The van der Waals surface area contributed by atoms with Gasteiger partial charge >= 0.3 is 6.01 Å². The summed E-state index contributed by atoms with van der Waals surface area (Å²) in [5.74, 6) is -0.277. The molecule has 37 heavy (non-hydrogen) atoms. The SMILES string of the molecule is Cc1ccnc(Oc2ccc(-n3c(-c4ccc(N)c(CN(C)C)c4)c(C)c4ncnc(N)c43)cc2F)n1. The molecule has 0 unspecified atom stereocenters. The van der Waals surface area contributed by atoms with Crippen LogP contribution in [0.15, 0.2) is 55.0 Å². The summed E-state index contributed by atoms with van der Waals surface area (Å²) in [5.41, 5.74) is 19.4. The normalized spacial score (nSPS) is 11.4. The Morgan fingerprint density at radius 3 is 2.54 bits per heavy atom. The van der Waals surface area contributed by atoms with Crippen LogP contribution in [0.3, 0.4) is 0 Å². The summed E-state index contributed by atoms with van der Waals surface area (Å²) < 4.78 is 22.8. The number of nitrogens with two attached hydrogens (primary N) is 2. The maximum atomic E-state index is 15.3. The average molecular weight is 499 g/mol. The molecule has 0 spiro atoms. The molecule has 0 amide bonds. The number of ether oxygens (including phenoxy) is 1. The van der Waals surface area contributed by atoms with E-state index in [-0.39, 0.29) is 17.6 Å². The Morgan fingerprint density at radius 1 is 1.00 bits per heavy atom. The van der Waals surface area contributed by atoms with E-state index in [1.165, 1.54) is 12.4 Å². The zero-order chi connectivity index (χ0) is 26.3. The molecule has 5 rings (SSSR count). The van der Waals surface area contributed by atoms with Crippen LogP contribution in [0.1, 0.15) is 16.8 Å². The van der Waals surface area contributed by atoms with Crippen molar-refractivity contribution in [2.45, 2.75) is 20.4 Å². The van der Waals surface area contributed by atoms with Crippen molar-refractivity contribution in [1.82, 2.24) is 29.4 Å². The largest absolute Gasteiger partial charge is 0.421 e. The van der Waals surface area contributed by atoms with Crippen LogP contribution in [0.2, 0.25) is 0 Å². The lowest BCUT2D eigenvalue weighted by atomic mass is 10.0. The summed E-state index contributed by atoms with van der Waals surface area (Å²) in [4.78, 5) is 19.0. The van der Waals surface area contributed by atoms with E-state index in [1.807, 2.05) is 55.6 Å². The van der Waals surface area contributed by atoms with Crippen molar-refractivity contribution in [3.8, 4) is 28.7 Å². The summed E-state index contributed by atoms with van der Waals surface area (Å²) in [5, 5.41) is 0. The van der Waals surface area contributed by atoms with Gasteiger partial charge in [0.1, 0.15) is 11.8 Å². The number of fused-ring (bicyclic) bond motifs is 1. The lowest BCUT2D eigenvalue weighted by molar-refractivity contribution is 0.403. The van der Waals surface area contributed by atoms with E-state index in [4.69, 9.17) is 16.2 Å². The van der Waals surface area contributed by atoms with Gasteiger partial charge in [-0.05, 0) is 69.4 Å². The molecule has 0 radical (unpaired) electrons. The molecule has 10 heteroatoms. The predicted octanol–water partition coefficient (Wildman–Crippen LogP) is 4.65. The molecule has 9 nitrogen and oxygen atoms in total. The average Bonchev–Trinajstić information content (AvgIpc) is 3.15. The molecule has 188 valence electrons. The molecule has 4 N–H and O–H groups in total. The zero-order valence-electron chi connectivity index (χ0n) is 21.0. The number of nitrogens with zero attached hydrogens (tertiary/aromatic N) is 6. The van der Waals surface area contributed by atoms with Gasteiger partial charge in [0.15, 0.2) is 17.4 Å². The fourth-order valence-electron chi connectivity index (χ4n) is 4.40. The highest BCUT2D eigenvalue weighted by atomic mass is 19.1. The van der Waals surface area contributed by atoms with Gasteiger partial charge in [0.05, 0.1) is 11.2 Å². The molecule has 3 aromatic heterocycles. The van der Waals surface area contributed by atoms with E-state index in [2.05, 4.69) is 19.9 Å². The van der Waals surface area contributed by atoms with Crippen LogP contribution in [0, 0.1) is 19.7 Å². The highest BCUT2D eigenvalue weighted by Gasteiger charge is 2.22. The van der Waals surface area contributed by atoms with Gasteiger partial charge in [-0.25, -0.2) is 24.3 Å². The van der Waals surface area contributed by atoms with Crippen LogP contribution in [-0.2, 0) is 6.54 Å². The van der Waals surface area contributed by atoms with E-state index < -0.39 is 5.82 Å². The minimum atomic E-state index is -0.575. The van der Waals surface area contributed by atoms with E-state index in [0.717, 1.165) is 22.4 Å². The molecule has 0 aliphatic heterocycles. The second-order valence-electron chi connectivity index (χ2n) is 9.11. The van der Waals surface area contributed by atoms with E-state index in [1.54, 1.807) is 24.4 Å². The number of aryl methyl sites for hydroxylation is 2. The van der Waals surface area contributed by atoms with E-state index >= 15 is 4.39 Å². The van der Waals surface area contributed by atoms with Crippen LogP contribution in [0.4, 0.5) is 15.9 Å². The molecular formula is C27H27FN8O. The highest BCUT2D eigenvalue weighted by Crippen LogP contribution is 2.38. The molecule has 5 aromatic rings. The summed E-state index contributed by atoms with van der Waals surface area (Å²) >= 11 is 0. The van der Waals surface area contributed by atoms with Crippen molar-refractivity contribution < 1.29 is 9.13 Å². The number of halogens is 1. The van der Waals surface area contributed by atoms with Crippen molar-refractivity contribution in [2.75, 3.05) is 25.6 Å². The van der Waals surface area contributed by atoms with Crippen LogP contribution >= 0.6 is 0 Å². The third-order valence-electron chi connectivity index (χ3n) is 6.06. The minimum absolute atomic E-state index is 0.00839. The van der Waals surface area contributed by atoms with Crippen molar-refractivity contribution in [1.29, 1.82) is 0 Å². The van der Waals surface area contributed by atoms with Gasteiger partial charge in [-0.15, -0.1) is 0 Å². The third-order valence-corrected chi connectivity index (χ3v) is 6.06. The van der Waals surface area contributed by atoms with Crippen molar-refractivity contribution >= 4 is 22.5 Å². The van der Waals surface area contributed by atoms with Gasteiger partial charge < -0.3 is 25.7 Å². The minimum Gasteiger partial charge on any atom is -0.421 e. The Labute approximate surface area is 213 Å². The quantitative estimate of drug-likeness (QED) is 0.325. The van der Waals surface area contributed by atoms with Gasteiger partial charge in [0, 0.05) is 41.4 Å². The second kappa shape index (κ2) is 9.47. The van der Waals surface area contributed by atoms with Gasteiger partial charge in [0.25, 0.3) is 0 Å². The Kier molecular flexibility index (Phi) is 6.18. The number of rotatable bonds is 6. The molecule has 0 aliphatic carbocycles. The van der Waals surface area contributed by atoms with Crippen molar-refractivity contribution in [2.24, 2.45) is 0 Å². The third kappa shape index (κ3) is 4.54. The molecule has 0 bridgehead atoms. The fraction of sp³-hybridized carbons (Fsp3) is 0.185. The topological polar surface area (TPSA) is 121 Å². The van der Waals surface area contributed by atoms with Gasteiger partial charge in [-0.1, -0.05) is 6.07 Å². The first-order valence-corrected chi connectivity index (χ1v) is 11.7. The van der Waals surface area contributed by atoms with Crippen LogP contribution < -0.4 is 16.2 Å². The number of anilines is 2. The lowest BCUT2D eigenvalue weighted by Crippen LogP contribution is -2.12. The van der Waals surface area contributed by atoms with Gasteiger partial charge in [-0.2, -0.15) is 0 Å². The predicted molar refractivity (Wildman–Crippen MR) is 142 cm³/mol. The molecule has 0 fully saturated rings. The van der Waals surface area contributed by atoms with E-state index in [0.29, 0.717) is 34.6 Å². The smallest absolute Gasteiger partial charge is 0.322 e. The standard InChI is InChI=1S/C27H27FN8O/c1-15-9-10-31-27(34-15)37-22-8-6-19(12-20(22)28)36-24(16(2)23-25(36)26(30)33-14-32-23)17-5-7-21(29)18(11-17)13-35(3)4/h5-12,14H,13,29H2,1-4H3,(H2,30,32,33). The summed E-state index contributed by atoms with van der Waals surface area (Å²) in [6, 6.07) is 12.4. The number of aromatic nitrogens is 5. The molecular weight excluding hydrogens is 471 g/mol. The van der Waals surface area contributed by atoms with Gasteiger partial charge in [0.2, 0.25) is 0 Å². The summed E-state index contributed by atoms with van der Waals surface area (Å²) in [6.45, 7) is 4.44. The molecule has 3 heterocycles. The van der Waals surface area contributed by atoms with Crippen molar-refractivity contribution in [3.05, 3.63) is 77.6 Å². The van der Waals surface area contributed by atoms with E-state index in [9.17, 15) is 0 Å². The first kappa shape index (κ1) is 24.1. The Hall–Kier alpha value is -4.57. The second-order valence-corrected chi connectivity index (χ2v) is 9.11. The Bertz CT molecular complexity index is 1630. The first-order valence-electron chi connectivity index (χ1n) is 11.7. The maximum Gasteiger partial charge on any atom is 0.322 e. The molecule has 2 aromatic carbocycles. The fourth-order valence-corrected chi connectivity index (χ4v) is 4.40. The van der Waals surface area contributed by atoms with Gasteiger partial charge in [-0.3, -0.25) is 0 Å². The molecule has 0 saturated carbocycles. The molecule has 0 atom stereocenters. The molecule has 0 aliphatic rings. The maximum absolute atomic E-state index is 15.3. The van der Waals surface area contributed by atoms with Crippen LogP contribution in [-0.4, -0.2) is 43.5 Å². The first-order chi connectivity index (χ1) is 17.7. The Morgan fingerprint density at radius 2 is 1.81 bits per heavy atom. The number of hydrogen-bond donors (Lipinski definition) is 2. The van der Waals surface area contributed by atoms with Crippen molar-refractivity contribution in [3.63, 3.8) is 0 Å². The van der Waals surface area contributed by atoms with Crippen LogP contribution in [0.5, 0.6) is 11.8 Å². The van der Waals surface area contributed by atoms with Crippen LogP contribution in [0.25, 0.3) is 28.0 Å². The Balaban J connectivity index is 1.69. The lowest BCUT2D eigenvalue weighted by Gasteiger charge is -2.17. The number of benzene rings is 2. The highest BCUT2D eigenvalue weighted by molar-refractivity contribution is 5.96. The summed E-state index contributed by atoms with van der Waals surface area (Å²) in [7, 11) is 3.97. The number of hydrogen-bond acceptors (Lipinski definition) is 8. The molecule has 0 saturated heterocycles. The number of nitrogen functional groups attached to an aromatic ring is 2. The zero-order valence-corrected chi connectivity index (χ0v) is 21.0.